The maximum Gasteiger partial charge on any atom is 0.123 e. The smallest absolute Gasteiger partial charge is 0.123 e. The van der Waals surface area contributed by atoms with E-state index in [2.05, 4.69) is 40.7 Å². The van der Waals surface area contributed by atoms with Gasteiger partial charge in [0, 0.05) is 38.8 Å². The van der Waals surface area contributed by atoms with Crippen LogP contribution in [0.2, 0.25) is 0 Å². The van der Waals surface area contributed by atoms with Gasteiger partial charge in [0.25, 0.3) is 0 Å². The molecule has 0 radical (unpaired) electrons. The summed E-state index contributed by atoms with van der Waals surface area (Å²) in [7, 11) is 0. The van der Waals surface area contributed by atoms with Gasteiger partial charge in [0.05, 0.1) is 0 Å². The Morgan fingerprint density at radius 1 is 0.750 bits per heavy atom. The van der Waals surface area contributed by atoms with E-state index in [1.54, 1.807) is 24.3 Å². The van der Waals surface area contributed by atoms with E-state index in [9.17, 15) is 8.78 Å². The van der Waals surface area contributed by atoms with E-state index in [-0.39, 0.29) is 11.6 Å². The van der Waals surface area contributed by atoms with Gasteiger partial charge in [0.2, 0.25) is 0 Å². The van der Waals surface area contributed by atoms with Crippen LogP contribution < -0.4 is 0 Å². The number of piperazine rings is 1. The van der Waals surface area contributed by atoms with E-state index in [0.29, 0.717) is 17.9 Å². The molecule has 2 aliphatic heterocycles. The molecule has 2 saturated heterocycles. The van der Waals surface area contributed by atoms with E-state index in [1.807, 2.05) is 36.4 Å². The quantitative estimate of drug-likeness (QED) is 0.269. The summed E-state index contributed by atoms with van der Waals surface area (Å²) in [4.78, 5) is 7.80. The fraction of sp³-hybridized carbons (Fsp3) is 0.486. The Morgan fingerprint density at radius 2 is 1.40 bits per heavy atom. The van der Waals surface area contributed by atoms with Gasteiger partial charge >= 0.3 is 0 Å². The monoisotopic (exact) mass is 545 g/mol. The fourth-order valence-corrected chi connectivity index (χ4v) is 6.69. The minimum absolute atomic E-state index is 0.151. The molecule has 0 spiro atoms. The molecule has 1 atom stereocenters. The Balaban J connectivity index is 1.14. The van der Waals surface area contributed by atoms with Gasteiger partial charge < -0.3 is 14.7 Å². The summed E-state index contributed by atoms with van der Waals surface area (Å²) in [5.74, 6) is 0.773. The zero-order valence-corrected chi connectivity index (χ0v) is 24.2. The van der Waals surface area contributed by atoms with Crippen LogP contribution >= 0.6 is 0 Å². The summed E-state index contributed by atoms with van der Waals surface area (Å²) in [6.07, 6.45) is 4.45. The molecule has 3 aromatic carbocycles. The first-order valence-electron chi connectivity index (χ1n) is 15.2. The predicted molar refractivity (Wildman–Crippen MR) is 162 cm³/mol. The van der Waals surface area contributed by atoms with Gasteiger partial charge in [0.15, 0.2) is 0 Å². The summed E-state index contributed by atoms with van der Waals surface area (Å²) in [6.45, 7) is 13.3. The van der Waals surface area contributed by atoms with E-state index >= 15 is 0 Å². The highest BCUT2D eigenvalue weighted by Crippen LogP contribution is 2.34. The van der Waals surface area contributed by atoms with Crippen molar-refractivity contribution in [2.24, 2.45) is 5.92 Å². The molecule has 2 aliphatic rings. The number of halogens is 2. The molecule has 5 heteroatoms. The molecule has 0 amide bonds. The molecule has 2 heterocycles. The average Bonchev–Trinajstić information content (AvgIpc) is 2.98. The summed E-state index contributed by atoms with van der Waals surface area (Å²) < 4.78 is 27.8. The number of aryl methyl sites for hydroxylation is 1. The molecular formula is C35H45F2N3. The zero-order chi connectivity index (χ0) is 27.9. The molecule has 1 unspecified atom stereocenters. The molecular weight excluding hydrogens is 500 g/mol. The van der Waals surface area contributed by atoms with Crippen LogP contribution in [-0.2, 0) is 6.42 Å². The maximum absolute atomic E-state index is 14.0. The first-order valence-corrected chi connectivity index (χ1v) is 15.2. The highest BCUT2D eigenvalue weighted by atomic mass is 19.1. The first-order chi connectivity index (χ1) is 19.5. The van der Waals surface area contributed by atoms with Gasteiger partial charge in [0.1, 0.15) is 11.6 Å². The second-order valence-corrected chi connectivity index (χ2v) is 12.0. The lowest BCUT2D eigenvalue weighted by atomic mass is 9.79. The van der Waals surface area contributed by atoms with Gasteiger partial charge in [-0.15, -0.1) is 0 Å². The van der Waals surface area contributed by atoms with Crippen LogP contribution in [0.15, 0.2) is 72.8 Å². The molecule has 40 heavy (non-hydrogen) atoms. The molecule has 0 aromatic heterocycles. The van der Waals surface area contributed by atoms with Crippen LogP contribution in [0.3, 0.4) is 0 Å². The second kappa shape index (κ2) is 13.8. The van der Waals surface area contributed by atoms with Gasteiger partial charge in [-0.3, -0.25) is 0 Å². The van der Waals surface area contributed by atoms with Crippen LogP contribution in [0.25, 0.3) is 11.1 Å². The topological polar surface area (TPSA) is 9.72 Å². The van der Waals surface area contributed by atoms with Crippen molar-refractivity contribution in [2.75, 3.05) is 52.4 Å². The molecule has 0 aliphatic carbocycles. The van der Waals surface area contributed by atoms with Crippen molar-refractivity contribution in [3.05, 3.63) is 95.6 Å². The number of nitrogens with zero attached hydrogens (tertiary/aromatic N) is 3. The minimum atomic E-state index is -0.178. The lowest BCUT2D eigenvalue weighted by Crippen LogP contribution is -2.49. The van der Waals surface area contributed by atoms with Gasteiger partial charge in [-0.05, 0) is 118 Å². The average molecular weight is 546 g/mol. The summed E-state index contributed by atoms with van der Waals surface area (Å²) in [5.41, 5.74) is 4.60. The van der Waals surface area contributed by atoms with Crippen molar-refractivity contribution in [1.82, 2.24) is 14.7 Å². The Labute approximate surface area is 239 Å². The summed E-state index contributed by atoms with van der Waals surface area (Å²) >= 11 is 0. The van der Waals surface area contributed by atoms with Crippen LogP contribution in [0.1, 0.15) is 50.2 Å². The van der Waals surface area contributed by atoms with Crippen LogP contribution in [0.4, 0.5) is 8.78 Å². The number of benzene rings is 3. The Bertz CT molecular complexity index is 1180. The molecule has 0 bridgehead atoms. The van der Waals surface area contributed by atoms with Crippen LogP contribution in [-0.4, -0.2) is 73.1 Å². The standard InChI is InChI=1S/C35H45F2N3/c1-27(2)40-19-16-31(17-20-40)35(30-10-13-32(36)14-11-30)26-39-23-21-38(22-24-39)18-6-9-29-12-15-33(37)25-34(29)28-7-4-3-5-8-28/h3-5,7-8,10-15,25,27,31,35H,6,9,16-24,26H2,1-2H3. The summed E-state index contributed by atoms with van der Waals surface area (Å²) in [5, 5.41) is 0. The molecule has 2 fully saturated rings. The maximum atomic E-state index is 14.0. The minimum Gasteiger partial charge on any atom is -0.301 e. The van der Waals surface area contributed by atoms with Gasteiger partial charge in [-0.25, -0.2) is 8.78 Å². The van der Waals surface area contributed by atoms with E-state index in [0.717, 1.165) is 76.3 Å². The summed E-state index contributed by atoms with van der Waals surface area (Å²) in [6, 6.07) is 23.3. The second-order valence-electron chi connectivity index (χ2n) is 12.0. The molecule has 3 nitrogen and oxygen atoms in total. The lowest BCUT2D eigenvalue weighted by Gasteiger charge is -2.41. The Hall–Kier alpha value is -2.60. The highest BCUT2D eigenvalue weighted by molar-refractivity contribution is 5.67. The number of hydrogen-bond donors (Lipinski definition) is 0. The zero-order valence-electron chi connectivity index (χ0n) is 24.2. The third-order valence-electron chi connectivity index (χ3n) is 9.17. The van der Waals surface area contributed by atoms with E-state index in [4.69, 9.17) is 0 Å². The number of rotatable bonds is 10. The SMILES string of the molecule is CC(C)N1CCC(C(CN2CCN(CCCc3ccc(F)cc3-c3ccccc3)CC2)c2ccc(F)cc2)CC1. The molecule has 0 N–H and O–H groups in total. The van der Waals surface area contributed by atoms with E-state index < -0.39 is 0 Å². The fourth-order valence-electron chi connectivity index (χ4n) is 6.69. The van der Waals surface area contributed by atoms with Crippen molar-refractivity contribution in [3.8, 4) is 11.1 Å². The normalized spacial score (nSPS) is 18.8. The Morgan fingerprint density at radius 3 is 2.08 bits per heavy atom. The van der Waals surface area contributed by atoms with E-state index in [1.165, 1.54) is 24.0 Å². The largest absolute Gasteiger partial charge is 0.301 e. The van der Waals surface area contributed by atoms with Gasteiger partial charge in [-0.2, -0.15) is 0 Å². The third-order valence-corrected chi connectivity index (χ3v) is 9.17. The van der Waals surface area contributed by atoms with Gasteiger partial charge in [-0.1, -0.05) is 48.5 Å². The highest BCUT2D eigenvalue weighted by Gasteiger charge is 2.31. The predicted octanol–water partition coefficient (Wildman–Crippen LogP) is 7.09. The van der Waals surface area contributed by atoms with Crippen LogP contribution in [0, 0.1) is 17.6 Å². The third kappa shape index (κ3) is 7.57. The van der Waals surface area contributed by atoms with Crippen molar-refractivity contribution < 1.29 is 8.78 Å². The first kappa shape index (κ1) is 28.9. The number of likely N-dealkylation sites (tertiary alicyclic amines) is 1. The molecule has 3 aromatic rings. The molecule has 0 saturated carbocycles. The lowest BCUT2D eigenvalue weighted by molar-refractivity contribution is 0.0968. The van der Waals surface area contributed by atoms with Crippen molar-refractivity contribution in [2.45, 2.75) is 51.5 Å². The van der Waals surface area contributed by atoms with Crippen LogP contribution in [0.5, 0.6) is 0 Å². The Kier molecular flexibility index (Phi) is 10.0. The molecule has 5 rings (SSSR count). The van der Waals surface area contributed by atoms with Crippen molar-refractivity contribution in [1.29, 1.82) is 0 Å². The number of piperidine rings is 1. The van der Waals surface area contributed by atoms with Crippen molar-refractivity contribution >= 4 is 0 Å². The number of hydrogen-bond acceptors (Lipinski definition) is 3. The van der Waals surface area contributed by atoms with Crippen molar-refractivity contribution in [3.63, 3.8) is 0 Å². The molecule has 214 valence electrons.